The van der Waals surface area contributed by atoms with Gasteiger partial charge >= 0.3 is 0 Å². The number of amides is 2. The van der Waals surface area contributed by atoms with Gasteiger partial charge in [0.15, 0.2) is 0 Å². The number of rotatable bonds is 4. The average Bonchev–Trinajstić information content (AvgIpc) is 3.40. The molecule has 2 amide bonds. The van der Waals surface area contributed by atoms with E-state index < -0.39 is 0 Å². The number of hydrogen-bond acceptors (Lipinski definition) is 3. The summed E-state index contributed by atoms with van der Waals surface area (Å²) in [5, 5.41) is 3.20. The van der Waals surface area contributed by atoms with E-state index in [0.29, 0.717) is 24.8 Å². The molecule has 1 saturated carbocycles. The number of piperidine rings is 1. The molecular weight excluding hydrogens is 340 g/mol. The second-order valence-electron chi connectivity index (χ2n) is 7.53. The van der Waals surface area contributed by atoms with Gasteiger partial charge in [-0.3, -0.25) is 14.6 Å². The molecule has 6 nitrogen and oxygen atoms in total. The van der Waals surface area contributed by atoms with Gasteiger partial charge in [-0.25, -0.2) is 0 Å². The van der Waals surface area contributed by atoms with Gasteiger partial charge in [-0.05, 0) is 49.9 Å². The molecule has 2 aliphatic rings. The fraction of sp³-hybridized carbons (Fsp3) is 0.476. The van der Waals surface area contributed by atoms with Crippen LogP contribution in [0.5, 0.6) is 0 Å². The minimum absolute atomic E-state index is 0.0125. The lowest BCUT2D eigenvalue weighted by molar-refractivity contribution is -0.127. The zero-order valence-electron chi connectivity index (χ0n) is 15.5. The number of likely N-dealkylation sites (tertiary alicyclic amines) is 1. The maximum atomic E-state index is 13.0. The third-order valence-electron chi connectivity index (χ3n) is 5.75. The Balaban J connectivity index is 1.37. The van der Waals surface area contributed by atoms with E-state index in [0.717, 1.165) is 31.4 Å². The number of nitrogens with zero attached hydrogens (tertiary/aromatic N) is 3. The fourth-order valence-corrected chi connectivity index (χ4v) is 4.17. The molecule has 3 heterocycles. The molecule has 0 aromatic carbocycles. The van der Waals surface area contributed by atoms with Crippen molar-refractivity contribution in [2.45, 2.75) is 44.6 Å². The zero-order valence-corrected chi connectivity index (χ0v) is 15.5. The molecule has 0 unspecified atom stereocenters. The molecule has 0 spiro atoms. The third kappa shape index (κ3) is 3.89. The Morgan fingerprint density at radius 3 is 2.52 bits per heavy atom. The number of aromatic nitrogens is 2. The second-order valence-corrected chi connectivity index (χ2v) is 7.53. The lowest BCUT2D eigenvalue weighted by Crippen LogP contribution is -2.45. The van der Waals surface area contributed by atoms with E-state index in [1.54, 1.807) is 12.4 Å². The number of pyridine rings is 1. The van der Waals surface area contributed by atoms with Crippen LogP contribution in [0.4, 0.5) is 0 Å². The molecule has 1 aliphatic carbocycles. The van der Waals surface area contributed by atoms with Gasteiger partial charge in [0.05, 0.1) is 11.9 Å². The van der Waals surface area contributed by atoms with E-state index in [-0.39, 0.29) is 17.7 Å². The van der Waals surface area contributed by atoms with Gasteiger partial charge in [0.1, 0.15) is 5.69 Å². The Labute approximate surface area is 159 Å². The van der Waals surface area contributed by atoms with E-state index in [9.17, 15) is 9.59 Å². The smallest absolute Gasteiger partial charge is 0.270 e. The largest absolute Gasteiger partial charge is 0.353 e. The van der Waals surface area contributed by atoms with Crippen LogP contribution in [0.1, 0.15) is 49.0 Å². The highest BCUT2D eigenvalue weighted by Crippen LogP contribution is 2.23. The summed E-state index contributed by atoms with van der Waals surface area (Å²) in [6.45, 7) is 1.25. The highest BCUT2D eigenvalue weighted by atomic mass is 16.2. The van der Waals surface area contributed by atoms with E-state index >= 15 is 0 Å². The second kappa shape index (κ2) is 7.94. The predicted octanol–water partition coefficient (Wildman–Crippen LogP) is 2.78. The maximum absolute atomic E-state index is 13.0. The standard InChI is InChI=1S/C21H26N4O2/c26-20(23-17-5-1-2-6-17)16-9-13-24(14-10-16)21(27)19-8-4-12-25(19)18-7-3-11-22-15-18/h3-4,7-8,11-12,15-17H,1-2,5-6,9-10,13-14H2,(H,23,26). The van der Waals surface area contributed by atoms with Gasteiger partial charge in [-0.2, -0.15) is 0 Å². The van der Waals surface area contributed by atoms with Crippen molar-refractivity contribution in [1.29, 1.82) is 0 Å². The summed E-state index contributed by atoms with van der Waals surface area (Å²) in [5.74, 6) is 0.214. The molecule has 2 aromatic heterocycles. The summed E-state index contributed by atoms with van der Waals surface area (Å²) >= 11 is 0. The molecule has 0 atom stereocenters. The summed E-state index contributed by atoms with van der Waals surface area (Å²) in [6.07, 6.45) is 11.5. The molecule has 1 aliphatic heterocycles. The van der Waals surface area contributed by atoms with Crippen LogP contribution in [0.15, 0.2) is 42.9 Å². The molecule has 2 fully saturated rings. The molecule has 1 saturated heterocycles. The van der Waals surface area contributed by atoms with Gasteiger partial charge in [-0.15, -0.1) is 0 Å². The van der Waals surface area contributed by atoms with Crippen LogP contribution in [0.2, 0.25) is 0 Å². The van der Waals surface area contributed by atoms with Gasteiger partial charge < -0.3 is 14.8 Å². The van der Waals surface area contributed by atoms with Crippen molar-refractivity contribution >= 4 is 11.8 Å². The van der Waals surface area contributed by atoms with Crippen molar-refractivity contribution in [2.75, 3.05) is 13.1 Å². The van der Waals surface area contributed by atoms with Crippen LogP contribution in [-0.4, -0.2) is 45.4 Å². The molecule has 1 N–H and O–H groups in total. The summed E-state index contributed by atoms with van der Waals surface area (Å²) in [4.78, 5) is 31.5. The first-order valence-electron chi connectivity index (χ1n) is 9.90. The first-order valence-corrected chi connectivity index (χ1v) is 9.90. The lowest BCUT2D eigenvalue weighted by atomic mass is 9.95. The van der Waals surface area contributed by atoms with Crippen molar-refractivity contribution in [3.8, 4) is 5.69 Å². The van der Waals surface area contributed by atoms with E-state index in [2.05, 4.69) is 10.3 Å². The summed E-state index contributed by atoms with van der Waals surface area (Å²) < 4.78 is 1.87. The van der Waals surface area contributed by atoms with Crippen molar-refractivity contribution in [3.63, 3.8) is 0 Å². The van der Waals surface area contributed by atoms with Gasteiger partial charge in [0, 0.05) is 37.4 Å². The van der Waals surface area contributed by atoms with E-state index in [1.807, 2.05) is 39.9 Å². The van der Waals surface area contributed by atoms with E-state index in [4.69, 9.17) is 0 Å². The van der Waals surface area contributed by atoms with Crippen LogP contribution in [-0.2, 0) is 4.79 Å². The predicted molar refractivity (Wildman–Crippen MR) is 103 cm³/mol. The van der Waals surface area contributed by atoms with Crippen molar-refractivity contribution in [3.05, 3.63) is 48.5 Å². The minimum atomic E-state index is 0.0125. The molecule has 0 radical (unpaired) electrons. The number of nitrogens with one attached hydrogen (secondary N) is 1. The SMILES string of the molecule is O=C(NC1CCCC1)C1CCN(C(=O)c2cccn2-c2cccnc2)CC1. The Morgan fingerprint density at radius 1 is 1.04 bits per heavy atom. The normalized spacial score (nSPS) is 18.6. The first kappa shape index (κ1) is 17.8. The summed E-state index contributed by atoms with van der Waals surface area (Å²) in [7, 11) is 0. The average molecular weight is 366 g/mol. The molecular formula is C21H26N4O2. The van der Waals surface area contributed by atoms with Gasteiger partial charge in [0.25, 0.3) is 5.91 Å². The van der Waals surface area contributed by atoms with Crippen LogP contribution in [0, 0.1) is 5.92 Å². The number of carbonyl (C=O) groups is 2. The van der Waals surface area contributed by atoms with Crippen molar-refractivity contribution in [1.82, 2.24) is 19.8 Å². The highest BCUT2D eigenvalue weighted by molar-refractivity contribution is 5.93. The van der Waals surface area contributed by atoms with Crippen molar-refractivity contribution in [2.24, 2.45) is 5.92 Å². The van der Waals surface area contributed by atoms with Crippen LogP contribution >= 0.6 is 0 Å². The van der Waals surface area contributed by atoms with E-state index in [1.165, 1.54) is 12.8 Å². The Hall–Kier alpha value is -2.63. The molecule has 2 aromatic rings. The van der Waals surface area contributed by atoms with Crippen LogP contribution < -0.4 is 5.32 Å². The fourth-order valence-electron chi connectivity index (χ4n) is 4.17. The van der Waals surface area contributed by atoms with Gasteiger partial charge in [-0.1, -0.05) is 12.8 Å². The van der Waals surface area contributed by atoms with Gasteiger partial charge in [0.2, 0.25) is 5.91 Å². The molecule has 6 heteroatoms. The Bertz CT molecular complexity index is 788. The Morgan fingerprint density at radius 2 is 1.81 bits per heavy atom. The quantitative estimate of drug-likeness (QED) is 0.905. The third-order valence-corrected chi connectivity index (χ3v) is 5.75. The zero-order chi connectivity index (χ0) is 18.6. The molecule has 0 bridgehead atoms. The Kier molecular flexibility index (Phi) is 5.23. The van der Waals surface area contributed by atoms with Crippen LogP contribution in [0.25, 0.3) is 5.69 Å². The first-order chi connectivity index (χ1) is 13.2. The highest BCUT2D eigenvalue weighted by Gasteiger charge is 2.30. The van der Waals surface area contributed by atoms with Crippen molar-refractivity contribution < 1.29 is 9.59 Å². The molecule has 142 valence electrons. The summed E-state index contributed by atoms with van der Waals surface area (Å²) in [5.41, 5.74) is 1.51. The summed E-state index contributed by atoms with van der Waals surface area (Å²) in [6, 6.07) is 7.87. The number of carbonyl (C=O) groups excluding carboxylic acids is 2. The van der Waals surface area contributed by atoms with Crippen LogP contribution in [0.3, 0.4) is 0 Å². The lowest BCUT2D eigenvalue weighted by Gasteiger charge is -2.32. The molecule has 4 rings (SSSR count). The maximum Gasteiger partial charge on any atom is 0.270 e. The molecule has 27 heavy (non-hydrogen) atoms. The number of hydrogen-bond donors (Lipinski definition) is 1. The monoisotopic (exact) mass is 366 g/mol. The topological polar surface area (TPSA) is 67.2 Å². The minimum Gasteiger partial charge on any atom is -0.353 e.